The lowest BCUT2D eigenvalue weighted by atomic mass is 9.71. The summed E-state index contributed by atoms with van der Waals surface area (Å²) in [5.74, 6) is -0.269. The number of hydrogen-bond donors (Lipinski definition) is 0. The van der Waals surface area contributed by atoms with Gasteiger partial charge in [0.25, 0.3) is 0 Å². The normalized spacial score (nSPS) is 55.5. The molecule has 0 aromatic heterocycles. The van der Waals surface area contributed by atoms with E-state index in [4.69, 9.17) is 0 Å². The SMILES string of the molecule is CC1C([O-])C(C)C1[O-]. The van der Waals surface area contributed by atoms with E-state index in [1.54, 1.807) is 13.8 Å². The van der Waals surface area contributed by atoms with E-state index in [0.29, 0.717) is 0 Å². The summed E-state index contributed by atoms with van der Waals surface area (Å²) in [4.78, 5) is 0. The van der Waals surface area contributed by atoms with Crippen LogP contribution in [-0.2, 0) is 0 Å². The average Bonchev–Trinajstić information content (AvgIpc) is 1.83. The van der Waals surface area contributed by atoms with Crippen molar-refractivity contribution in [1.29, 1.82) is 0 Å². The van der Waals surface area contributed by atoms with Gasteiger partial charge < -0.3 is 10.2 Å². The van der Waals surface area contributed by atoms with E-state index in [9.17, 15) is 10.2 Å². The summed E-state index contributed by atoms with van der Waals surface area (Å²) in [6.07, 6.45) is -1.17. The quantitative estimate of drug-likeness (QED) is 0.394. The number of rotatable bonds is 0. The molecular formula is C6H10O2-2. The van der Waals surface area contributed by atoms with Crippen LogP contribution in [0.4, 0.5) is 0 Å². The molecule has 1 aliphatic rings. The standard InChI is InChI=1S/C6H10O2/c1-3-5(7)4(2)6(3)8/h3-6H,1-2H3/q-2. The molecule has 48 valence electrons. The Morgan fingerprint density at radius 2 is 1.12 bits per heavy atom. The predicted molar refractivity (Wildman–Crippen MR) is 25.9 cm³/mol. The molecule has 0 spiro atoms. The first-order valence-corrected chi connectivity index (χ1v) is 2.96. The molecule has 0 amide bonds. The first-order valence-electron chi connectivity index (χ1n) is 2.96. The van der Waals surface area contributed by atoms with Crippen LogP contribution in [0.25, 0.3) is 0 Å². The van der Waals surface area contributed by atoms with Crippen molar-refractivity contribution in [1.82, 2.24) is 0 Å². The van der Waals surface area contributed by atoms with Crippen LogP contribution in [0.1, 0.15) is 13.8 Å². The van der Waals surface area contributed by atoms with E-state index in [1.165, 1.54) is 0 Å². The molecule has 1 fully saturated rings. The van der Waals surface area contributed by atoms with Gasteiger partial charge in [-0.25, -0.2) is 0 Å². The Hall–Kier alpha value is -0.0800. The van der Waals surface area contributed by atoms with Crippen LogP contribution in [0.5, 0.6) is 0 Å². The van der Waals surface area contributed by atoms with Crippen molar-refractivity contribution in [2.45, 2.75) is 26.1 Å². The molecule has 1 rings (SSSR count). The minimum atomic E-state index is -0.586. The second kappa shape index (κ2) is 1.71. The minimum absolute atomic E-state index is 0.134. The molecule has 0 aromatic rings. The zero-order chi connectivity index (χ0) is 6.31. The second-order valence-corrected chi connectivity index (χ2v) is 2.65. The van der Waals surface area contributed by atoms with E-state index >= 15 is 0 Å². The third kappa shape index (κ3) is 0.565. The highest BCUT2D eigenvalue weighted by atomic mass is 16.3. The fourth-order valence-electron chi connectivity index (χ4n) is 1.19. The van der Waals surface area contributed by atoms with Crippen LogP contribution in [0.15, 0.2) is 0 Å². The molecular weight excluding hydrogens is 104 g/mol. The van der Waals surface area contributed by atoms with Crippen LogP contribution in [0.3, 0.4) is 0 Å². The topological polar surface area (TPSA) is 46.1 Å². The Labute approximate surface area is 49.1 Å². The summed E-state index contributed by atoms with van der Waals surface area (Å²) >= 11 is 0. The lowest BCUT2D eigenvalue weighted by Crippen LogP contribution is -2.64. The monoisotopic (exact) mass is 114 g/mol. The lowest BCUT2D eigenvalue weighted by Gasteiger charge is -2.58. The summed E-state index contributed by atoms with van der Waals surface area (Å²) in [6, 6.07) is 0. The first-order chi connectivity index (χ1) is 3.64. The molecule has 0 bridgehead atoms. The van der Waals surface area contributed by atoms with Crippen molar-refractivity contribution in [2.75, 3.05) is 0 Å². The summed E-state index contributed by atoms with van der Waals surface area (Å²) in [5, 5.41) is 21.3. The van der Waals surface area contributed by atoms with Gasteiger partial charge in [0.15, 0.2) is 0 Å². The zero-order valence-electron chi connectivity index (χ0n) is 5.13. The van der Waals surface area contributed by atoms with Crippen LogP contribution >= 0.6 is 0 Å². The minimum Gasteiger partial charge on any atom is -0.852 e. The Balaban J connectivity index is 2.42. The van der Waals surface area contributed by atoms with Gasteiger partial charge in [-0.15, -0.1) is 12.2 Å². The van der Waals surface area contributed by atoms with Crippen molar-refractivity contribution in [2.24, 2.45) is 11.8 Å². The maximum Gasteiger partial charge on any atom is -0.0645 e. The third-order valence-corrected chi connectivity index (χ3v) is 2.07. The van der Waals surface area contributed by atoms with E-state index in [0.717, 1.165) is 0 Å². The van der Waals surface area contributed by atoms with Gasteiger partial charge in [0.1, 0.15) is 0 Å². The number of hydrogen-bond acceptors (Lipinski definition) is 2. The van der Waals surface area contributed by atoms with Crippen molar-refractivity contribution in [3.63, 3.8) is 0 Å². The Morgan fingerprint density at radius 3 is 1.25 bits per heavy atom. The molecule has 1 saturated carbocycles. The maximum absolute atomic E-state index is 10.7. The molecule has 2 heteroatoms. The molecule has 8 heavy (non-hydrogen) atoms. The van der Waals surface area contributed by atoms with Gasteiger partial charge in [-0.05, 0) is 0 Å². The largest absolute Gasteiger partial charge is 0.852 e. The van der Waals surface area contributed by atoms with Crippen molar-refractivity contribution >= 4 is 0 Å². The molecule has 0 saturated heterocycles. The van der Waals surface area contributed by atoms with Crippen LogP contribution in [0.2, 0.25) is 0 Å². The van der Waals surface area contributed by atoms with Gasteiger partial charge in [-0.3, -0.25) is 0 Å². The second-order valence-electron chi connectivity index (χ2n) is 2.65. The fourth-order valence-corrected chi connectivity index (χ4v) is 1.19. The highest BCUT2D eigenvalue weighted by molar-refractivity contribution is 4.90. The first kappa shape index (κ1) is 6.05. The Morgan fingerprint density at radius 1 is 0.875 bits per heavy atom. The van der Waals surface area contributed by atoms with E-state index in [1.807, 2.05) is 0 Å². The molecule has 0 N–H and O–H groups in total. The van der Waals surface area contributed by atoms with Gasteiger partial charge in [0.2, 0.25) is 0 Å². The molecule has 2 nitrogen and oxygen atoms in total. The summed E-state index contributed by atoms with van der Waals surface area (Å²) < 4.78 is 0. The third-order valence-electron chi connectivity index (χ3n) is 2.07. The zero-order valence-corrected chi connectivity index (χ0v) is 5.13. The maximum atomic E-state index is 10.7. The van der Waals surface area contributed by atoms with Gasteiger partial charge >= 0.3 is 0 Å². The lowest BCUT2D eigenvalue weighted by molar-refractivity contribution is -0.558. The molecule has 0 radical (unpaired) electrons. The van der Waals surface area contributed by atoms with E-state index in [2.05, 4.69) is 0 Å². The van der Waals surface area contributed by atoms with Gasteiger partial charge in [-0.2, -0.15) is 0 Å². The van der Waals surface area contributed by atoms with Crippen LogP contribution in [-0.4, -0.2) is 12.2 Å². The van der Waals surface area contributed by atoms with E-state index in [-0.39, 0.29) is 11.8 Å². The van der Waals surface area contributed by atoms with Crippen molar-refractivity contribution in [3.8, 4) is 0 Å². The van der Waals surface area contributed by atoms with Crippen molar-refractivity contribution < 1.29 is 10.2 Å². The van der Waals surface area contributed by atoms with Gasteiger partial charge in [0, 0.05) is 0 Å². The van der Waals surface area contributed by atoms with Gasteiger partial charge in [0.05, 0.1) is 0 Å². The molecule has 1 aliphatic carbocycles. The summed E-state index contributed by atoms with van der Waals surface area (Å²) in [6.45, 7) is 3.46. The predicted octanol–water partition coefficient (Wildman–Crippen LogP) is -1.27. The molecule has 0 heterocycles. The molecule has 0 aromatic carbocycles. The highest BCUT2D eigenvalue weighted by Gasteiger charge is 2.28. The Bertz CT molecular complexity index is 60.5. The Kier molecular flexibility index (Phi) is 1.29. The van der Waals surface area contributed by atoms with Crippen molar-refractivity contribution in [3.05, 3.63) is 0 Å². The summed E-state index contributed by atoms with van der Waals surface area (Å²) in [7, 11) is 0. The van der Waals surface area contributed by atoms with E-state index < -0.39 is 12.2 Å². The fraction of sp³-hybridized carbons (Fsp3) is 1.00. The van der Waals surface area contributed by atoms with Gasteiger partial charge in [-0.1, -0.05) is 25.7 Å². The molecule has 0 atom stereocenters. The highest BCUT2D eigenvalue weighted by Crippen LogP contribution is 2.29. The van der Waals surface area contributed by atoms with Crippen LogP contribution in [0, 0.1) is 11.8 Å². The van der Waals surface area contributed by atoms with Crippen LogP contribution < -0.4 is 10.2 Å². The summed E-state index contributed by atoms with van der Waals surface area (Å²) in [5.41, 5.74) is 0. The molecule has 0 unspecified atom stereocenters. The smallest absolute Gasteiger partial charge is 0.0645 e. The molecule has 0 aliphatic heterocycles. The average molecular weight is 114 g/mol.